The molecule has 0 saturated heterocycles. The number of benzene rings is 1. The Bertz CT molecular complexity index is 605. The minimum absolute atomic E-state index is 0.0795. The lowest BCUT2D eigenvalue weighted by atomic mass is 10.1. The van der Waals surface area contributed by atoms with Crippen LogP contribution < -0.4 is 4.74 Å². The molecule has 164 valence electrons. The highest BCUT2D eigenvalue weighted by molar-refractivity contribution is 6.35. The molecule has 4 nitrogen and oxygen atoms in total. The maximum Gasteiger partial charge on any atom is 0.311 e. The summed E-state index contributed by atoms with van der Waals surface area (Å²) in [4.78, 5) is 23.5. The molecule has 0 aliphatic rings. The molecule has 0 saturated carbocycles. The van der Waals surface area contributed by atoms with Crippen molar-refractivity contribution in [2.24, 2.45) is 0 Å². The summed E-state index contributed by atoms with van der Waals surface area (Å²) < 4.78 is 10.5. The summed E-state index contributed by atoms with van der Waals surface area (Å²) in [5, 5.41) is 0.839. The van der Waals surface area contributed by atoms with Crippen molar-refractivity contribution >= 4 is 35.1 Å². The Morgan fingerprint density at radius 1 is 0.793 bits per heavy atom. The molecule has 0 fully saturated rings. The molecule has 0 radical (unpaired) electrons. The second-order valence-electron chi connectivity index (χ2n) is 7.30. The molecule has 0 N–H and O–H groups in total. The minimum atomic E-state index is -0.285. The fourth-order valence-electron chi connectivity index (χ4n) is 2.94. The molecule has 0 aromatic heterocycles. The van der Waals surface area contributed by atoms with Crippen molar-refractivity contribution in [1.82, 2.24) is 0 Å². The van der Waals surface area contributed by atoms with E-state index in [9.17, 15) is 9.59 Å². The van der Waals surface area contributed by atoms with Crippen molar-refractivity contribution in [3.8, 4) is 5.75 Å². The second-order valence-corrected chi connectivity index (χ2v) is 8.15. The van der Waals surface area contributed by atoms with E-state index < -0.39 is 0 Å². The average molecular weight is 445 g/mol. The SMILES string of the molecule is CCCCCCCOC(=O)CCCCCCCCC(=O)Oc1ccc(Cl)cc1Cl. The topological polar surface area (TPSA) is 52.6 Å². The number of esters is 2. The Kier molecular flexibility index (Phi) is 14.7. The summed E-state index contributed by atoms with van der Waals surface area (Å²) in [5.74, 6) is -0.0235. The normalized spacial score (nSPS) is 10.7. The molecule has 29 heavy (non-hydrogen) atoms. The van der Waals surface area contributed by atoms with Crippen molar-refractivity contribution < 1.29 is 19.1 Å². The van der Waals surface area contributed by atoms with Crippen LogP contribution in [0, 0.1) is 0 Å². The van der Waals surface area contributed by atoms with Gasteiger partial charge in [0, 0.05) is 17.9 Å². The number of hydrogen-bond acceptors (Lipinski definition) is 4. The van der Waals surface area contributed by atoms with Gasteiger partial charge >= 0.3 is 11.9 Å². The lowest BCUT2D eigenvalue weighted by Gasteiger charge is -2.07. The zero-order valence-electron chi connectivity index (χ0n) is 17.5. The van der Waals surface area contributed by atoms with Crippen LogP contribution in [0.1, 0.15) is 90.4 Å². The van der Waals surface area contributed by atoms with Gasteiger partial charge in [0.25, 0.3) is 0 Å². The van der Waals surface area contributed by atoms with E-state index in [0.29, 0.717) is 35.2 Å². The minimum Gasteiger partial charge on any atom is -0.466 e. The van der Waals surface area contributed by atoms with E-state index in [0.717, 1.165) is 51.4 Å². The van der Waals surface area contributed by atoms with Gasteiger partial charge in [-0.2, -0.15) is 0 Å². The zero-order chi connectivity index (χ0) is 21.3. The highest BCUT2D eigenvalue weighted by Crippen LogP contribution is 2.27. The summed E-state index contributed by atoms with van der Waals surface area (Å²) in [6.45, 7) is 2.74. The molecule has 1 aromatic rings. The highest BCUT2D eigenvalue weighted by atomic mass is 35.5. The van der Waals surface area contributed by atoms with Gasteiger partial charge in [-0.15, -0.1) is 0 Å². The fraction of sp³-hybridized carbons (Fsp3) is 0.652. The van der Waals surface area contributed by atoms with E-state index in [-0.39, 0.29) is 11.9 Å². The van der Waals surface area contributed by atoms with Crippen LogP contribution in [-0.2, 0) is 14.3 Å². The maximum absolute atomic E-state index is 11.9. The van der Waals surface area contributed by atoms with E-state index in [1.54, 1.807) is 18.2 Å². The van der Waals surface area contributed by atoms with Gasteiger partial charge in [0.15, 0.2) is 0 Å². The van der Waals surface area contributed by atoms with E-state index in [2.05, 4.69) is 6.92 Å². The fourth-order valence-corrected chi connectivity index (χ4v) is 3.39. The third-order valence-corrected chi connectivity index (χ3v) is 5.17. The molecule has 6 heteroatoms. The number of carbonyl (C=O) groups excluding carboxylic acids is 2. The number of hydrogen-bond donors (Lipinski definition) is 0. The molecule has 0 aliphatic carbocycles. The molecule has 0 bridgehead atoms. The molecule has 0 unspecified atom stereocenters. The van der Waals surface area contributed by atoms with E-state index in [1.807, 2.05) is 0 Å². The second kappa shape index (κ2) is 16.5. The van der Waals surface area contributed by atoms with E-state index in [1.165, 1.54) is 19.3 Å². The number of halogens is 2. The van der Waals surface area contributed by atoms with Crippen LogP contribution in [0.25, 0.3) is 0 Å². The van der Waals surface area contributed by atoms with Crippen molar-refractivity contribution in [1.29, 1.82) is 0 Å². The van der Waals surface area contributed by atoms with Gasteiger partial charge in [0.05, 0.1) is 11.6 Å². The summed E-state index contributed by atoms with van der Waals surface area (Å²) in [5.41, 5.74) is 0. The van der Waals surface area contributed by atoms with Crippen LogP contribution in [0.3, 0.4) is 0 Å². The van der Waals surface area contributed by atoms with Gasteiger partial charge in [0.1, 0.15) is 5.75 Å². The molecule has 1 rings (SSSR count). The van der Waals surface area contributed by atoms with Crippen molar-refractivity contribution in [3.63, 3.8) is 0 Å². The third-order valence-electron chi connectivity index (χ3n) is 4.64. The van der Waals surface area contributed by atoms with Crippen LogP contribution in [0.4, 0.5) is 0 Å². The highest BCUT2D eigenvalue weighted by Gasteiger charge is 2.09. The van der Waals surface area contributed by atoms with Gasteiger partial charge in [0.2, 0.25) is 0 Å². The van der Waals surface area contributed by atoms with Gasteiger partial charge in [-0.1, -0.05) is 81.5 Å². The van der Waals surface area contributed by atoms with Crippen LogP contribution in [0.15, 0.2) is 18.2 Å². The molecule has 1 aromatic carbocycles. The van der Waals surface area contributed by atoms with Crippen LogP contribution in [0.2, 0.25) is 10.0 Å². The molecule has 0 spiro atoms. The first-order valence-corrected chi connectivity index (χ1v) is 11.6. The van der Waals surface area contributed by atoms with Gasteiger partial charge in [-0.05, 0) is 37.5 Å². The number of ether oxygens (including phenoxy) is 2. The van der Waals surface area contributed by atoms with Gasteiger partial charge < -0.3 is 9.47 Å². The van der Waals surface area contributed by atoms with Crippen molar-refractivity contribution in [2.75, 3.05) is 6.61 Å². The smallest absolute Gasteiger partial charge is 0.311 e. The summed E-state index contributed by atoms with van der Waals surface area (Å²) in [6, 6.07) is 4.79. The predicted molar refractivity (Wildman–Crippen MR) is 119 cm³/mol. The summed E-state index contributed by atoms with van der Waals surface area (Å²) >= 11 is 11.8. The summed E-state index contributed by atoms with van der Waals surface area (Å²) in [7, 11) is 0. The summed E-state index contributed by atoms with van der Waals surface area (Å²) in [6.07, 6.45) is 12.4. The Balaban J connectivity index is 1.94. The first-order chi connectivity index (χ1) is 14.0. The Hall–Kier alpha value is -1.26. The average Bonchev–Trinajstić information content (AvgIpc) is 2.69. The largest absolute Gasteiger partial charge is 0.466 e. The van der Waals surface area contributed by atoms with Gasteiger partial charge in [-0.25, -0.2) is 0 Å². The molecule has 0 atom stereocenters. The van der Waals surface area contributed by atoms with E-state index in [4.69, 9.17) is 32.7 Å². The number of unbranched alkanes of at least 4 members (excludes halogenated alkanes) is 9. The first-order valence-electron chi connectivity index (χ1n) is 10.8. The number of rotatable bonds is 16. The van der Waals surface area contributed by atoms with Crippen molar-refractivity contribution in [2.45, 2.75) is 90.4 Å². The maximum atomic E-state index is 11.9. The third kappa shape index (κ3) is 13.6. The lowest BCUT2D eigenvalue weighted by Crippen LogP contribution is -2.07. The van der Waals surface area contributed by atoms with Crippen LogP contribution >= 0.6 is 23.2 Å². The number of carbonyl (C=O) groups is 2. The monoisotopic (exact) mass is 444 g/mol. The van der Waals surface area contributed by atoms with Crippen LogP contribution in [-0.4, -0.2) is 18.5 Å². The Morgan fingerprint density at radius 3 is 2.03 bits per heavy atom. The van der Waals surface area contributed by atoms with E-state index >= 15 is 0 Å². The van der Waals surface area contributed by atoms with Gasteiger partial charge in [-0.3, -0.25) is 9.59 Å². The Morgan fingerprint density at radius 2 is 1.38 bits per heavy atom. The Labute approximate surface area is 185 Å². The van der Waals surface area contributed by atoms with Crippen LogP contribution in [0.5, 0.6) is 5.75 Å². The lowest BCUT2D eigenvalue weighted by molar-refractivity contribution is -0.144. The quantitative estimate of drug-likeness (QED) is 0.150. The van der Waals surface area contributed by atoms with Crippen molar-refractivity contribution in [3.05, 3.63) is 28.2 Å². The predicted octanol–water partition coefficient (Wildman–Crippen LogP) is 7.53. The molecule has 0 heterocycles. The molecule has 0 aliphatic heterocycles. The molecular weight excluding hydrogens is 411 g/mol. The standard InChI is InChI=1S/C23H34Cl2O4/c1-2-3-4-9-12-17-28-22(26)13-10-7-5-6-8-11-14-23(27)29-21-16-15-19(24)18-20(21)25/h15-16,18H,2-14,17H2,1H3. The molecular formula is C23H34Cl2O4. The first kappa shape index (κ1) is 25.8. The zero-order valence-corrected chi connectivity index (χ0v) is 19.0. The molecule has 0 amide bonds.